The number of nitro benzene ring substituents is 1. The van der Waals surface area contributed by atoms with Gasteiger partial charge >= 0.3 is 5.97 Å². The number of carboxylic acids is 1. The van der Waals surface area contributed by atoms with E-state index < -0.39 is 10.9 Å². The minimum absolute atomic E-state index is 0.0707. The molecule has 0 aliphatic carbocycles. The summed E-state index contributed by atoms with van der Waals surface area (Å²) in [5, 5.41) is 20.0. The van der Waals surface area contributed by atoms with Gasteiger partial charge in [0.2, 0.25) is 0 Å². The summed E-state index contributed by atoms with van der Waals surface area (Å²) in [6, 6.07) is 4.16. The molecular weight excluding hydrogens is 376 g/mol. The smallest absolute Gasteiger partial charge is 0.303 e. The molecule has 0 aromatic heterocycles. The minimum Gasteiger partial charge on any atom is -0.481 e. The van der Waals surface area contributed by atoms with Crippen LogP contribution in [0, 0.1) is 10.1 Å². The molecule has 1 amide bonds. The molecule has 1 saturated heterocycles. The van der Waals surface area contributed by atoms with Gasteiger partial charge in [0.25, 0.3) is 11.6 Å². The van der Waals surface area contributed by atoms with Crippen LogP contribution in [-0.4, -0.2) is 37.7 Å². The molecule has 1 aromatic carbocycles. The number of hydrogen-bond donors (Lipinski definition) is 1. The first-order valence-corrected chi connectivity index (χ1v) is 8.31. The van der Waals surface area contributed by atoms with E-state index in [1.54, 1.807) is 0 Å². The van der Waals surface area contributed by atoms with Gasteiger partial charge in [0.05, 0.1) is 15.4 Å². The predicted molar refractivity (Wildman–Crippen MR) is 94.9 cm³/mol. The normalized spacial score (nSPS) is 16.0. The van der Waals surface area contributed by atoms with E-state index in [0.717, 1.165) is 11.8 Å². The lowest BCUT2D eigenvalue weighted by Crippen LogP contribution is -2.29. The van der Waals surface area contributed by atoms with E-state index >= 15 is 0 Å². The summed E-state index contributed by atoms with van der Waals surface area (Å²) >= 11 is 11.9. The molecule has 2 rings (SSSR count). The highest BCUT2D eigenvalue weighted by Gasteiger charge is 2.32. The molecule has 1 aromatic rings. The van der Waals surface area contributed by atoms with E-state index in [0.29, 0.717) is 4.32 Å². The Morgan fingerprint density at radius 3 is 2.83 bits per heavy atom. The molecule has 1 N–H and O–H groups in total. The number of nitro groups is 1. The summed E-state index contributed by atoms with van der Waals surface area (Å²) in [6.45, 7) is 0.191. The van der Waals surface area contributed by atoms with Crippen molar-refractivity contribution in [2.45, 2.75) is 12.8 Å². The SMILES string of the molecule is O=C(O)CCCN1C(=O)/C(=C/c2ccc(Cl)cc2[N+](=O)[O-])SC1=S. The molecule has 1 fully saturated rings. The van der Waals surface area contributed by atoms with Gasteiger partial charge in [-0.05, 0) is 24.6 Å². The van der Waals surface area contributed by atoms with Crippen molar-refractivity contribution < 1.29 is 19.6 Å². The van der Waals surface area contributed by atoms with E-state index in [1.165, 1.54) is 29.2 Å². The molecule has 0 unspecified atom stereocenters. The van der Waals surface area contributed by atoms with E-state index in [4.69, 9.17) is 28.9 Å². The van der Waals surface area contributed by atoms with Crippen LogP contribution >= 0.6 is 35.6 Å². The number of carboxylic acid groups (broad SMARTS) is 1. The number of aliphatic carboxylic acids is 1. The van der Waals surface area contributed by atoms with Crippen molar-refractivity contribution in [3.63, 3.8) is 0 Å². The molecule has 1 aliphatic rings. The number of carbonyl (C=O) groups excluding carboxylic acids is 1. The van der Waals surface area contributed by atoms with E-state index in [-0.39, 0.29) is 46.5 Å². The molecule has 0 bridgehead atoms. The van der Waals surface area contributed by atoms with Crippen LogP contribution in [0.4, 0.5) is 5.69 Å². The van der Waals surface area contributed by atoms with Crippen LogP contribution in [-0.2, 0) is 9.59 Å². The fourth-order valence-corrected chi connectivity index (χ4v) is 3.49. The molecule has 126 valence electrons. The molecule has 0 saturated carbocycles. The third-order valence-corrected chi connectivity index (χ3v) is 4.73. The summed E-state index contributed by atoms with van der Waals surface area (Å²) in [5.41, 5.74) is 0.0362. The number of carbonyl (C=O) groups is 2. The fraction of sp³-hybridized carbons (Fsp3) is 0.214. The van der Waals surface area contributed by atoms with Gasteiger partial charge in [0.15, 0.2) is 0 Å². The number of hydrogen-bond acceptors (Lipinski definition) is 6. The van der Waals surface area contributed by atoms with Crippen LogP contribution in [0.15, 0.2) is 23.1 Å². The fourth-order valence-electron chi connectivity index (χ4n) is 2.02. The molecule has 24 heavy (non-hydrogen) atoms. The van der Waals surface area contributed by atoms with Crippen LogP contribution in [0.25, 0.3) is 6.08 Å². The second-order valence-electron chi connectivity index (χ2n) is 4.79. The van der Waals surface area contributed by atoms with Gasteiger partial charge in [-0.1, -0.05) is 35.6 Å². The van der Waals surface area contributed by atoms with Gasteiger partial charge in [-0.3, -0.25) is 24.6 Å². The summed E-state index contributed by atoms with van der Waals surface area (Å²) in [5.74, 6) is -1.34. The van der Waals surface area contributed by atoms with E-state index in [1.807, 2.05) is 0 Å². The zero-order chi connectivity index (χ0) is 17.9. The Morgan fingerprint density at radius 2 is 2.21 bits per heavy atom. The van der Waals surface area contributed by atoms with Crippen molar-refractivity contribution in [3.05, 3.63) is 43.8 Å². The van der Waals surface area contributed by atoms with Crippen LogP contribution in [0.2, 0.25) is 5.02 Å². The summed E-state index contributed by atoms with van der Waals surface area (Å²) in [6.07, 6.45) is 1.60. The molecular formula is C14H11ClN2O5S2. The predicted octanol–water partition coefficient (Wildman–Crippen LogP) is 3.31. The van der Waals surface area contributed by atoms with Crippen molar-refractivity contribution >= 4 is 63.5 Å². The van der Waals surface area contributed by atoms with Gasteiger partial charge in [-0.25, -0.2) is 0 Å². The van der Waals surface area contributed by atoms with E-state index in [2.05, 4.69) is 0 Å². The van der Waals surface area contributed by atoms with Crippen molar-refractivity contribution in [1.82, 2.24) is 4.90 Å². The van der Waals surface area contributed by atoms with Crippen LogP contribution in [0.1, 0.15) is 18.4 Å². The number of benzene rings is 1. The number of nitrogens with zero attached hydrogens (tertiary/aromatic N) is 2. The first-order chi connectivity index (χ1) is 11.3. The number of thiocarbonyl (C=S) groups is 1. The maximum atomic E-state index is 12.4. The molecule has 1 heterocycles. The lowest BCUT2D eigenvalue weighted by Gasteiger charge is -2.13. The highest BCUT2D eigenvalue weighted by Crippen LogP contribution is 2.35. The lowest BCUT2D eigenvalue weighted by molar-refractivity contribution is -0.385. The number of thioether (sulfide) groups is 1. The van der Waals surface area contributed by atoms with Gasteiger partial charge in [-0.15, -0.1) is 0 Å². The summed E-state index contributed by atoms with van der Waals surface area (Å²) < 4.78 is 0.299. The Bertz CT molecular complexity index is 766. The zero-order valence-electron chi connectivity index (χ0n) is 12.1. The molecule has 10 heteroatoms. The minimum atomic E-state index is -0.951. The third kappa shape index (κ3) is 4.31. The van der Waals surface area contributed by atoms with Crippen molar-refractivity contribution in [2.24, 2.45) is 0 Å². The highest BCUT2D eigenvalue weighted by molar-refractivity contribution is 8.26. The van der Waals surface area contributed by atoms with Crippen LogP contribution < -0.4 is 0 Å². The van der Waals surface area contributed by atoms with E-state index in [9.17, 15) is 19.7 Å². The topological polar surface area (TPSA) is 101 Å². The zero-order valence-corrected chi connectivity index (χ0v) is 14.5. The van der Waals surface area contributed by atoms with Gasteiger partial charge in [-0.2, -0.15) is 0 Å². The molecule has 0 spiro atoms. The van der Waals surface area contributed by atoms with Gasteiger partial charge in [0.1, 0.15) is 4.32 Å². The standard InChI is InChI=1S/C14H11ClN2O5S2/c15-9-4-3-8(10(7-9)17(21)22)6-11-13(20)16(14(23)24-11)5-1-2-12(18)19/h3-4,6-7H,1-2,5H2,(H,18,19)/b11-6-. The number of amides is 1. The Morgan fingerprint density at radius 1 is 1.50 bits per heavy atom. The second-order valence-corrected chi connectivity index (χ2v) is 6.90. The summed E-state index contributed by atoms with van der Waals surface area (Å²) in [4.78, 5) is 35.0. The van der Waals surface area contributed by atoms with Crippen LogP contribution in [0.5, 0.6) is 0 Å². The maximum Gasteiger partial charge on any atom is 0.303 e. The Hall–Kier alpha value is -1.97. The Labute approximate surface area is 151 Å². The summed E-state index contributed by atoms with van der Waals surface area (Å²) in [7, 11) is 0. The van der Waals surface area contributed by atoms with Crippen molar-refractivity contribution in [3.8, 4) is 0 Å². The molecule has 0 radical (unpaired) electrons. The molecule has 7 nitrogen and oxygen atoms in total. The van der Waals surface area contributed by atoms with Crippen molar-refractivity contribution in [2.75, 3.05) is 6.54 Å². The first kappa shape index (κ1) is 18.4. The lowest BCUT2D eigenvalue weighted by atomic mass is 10.1. The third-order valence-electron chi connectivity index (χ3n) is 3.12. The number of halogens is 1. The monoisotopic (exact) mass is 386 g/mol. The first-order valence-electron chi connectivity index (χ1n) is 6.70. The van der Waals surface area contributed by atoms with Gasteiger partial charge in [0, 0.05) is 24.1 Å². The average Bonchev–Trinajstić information content (AvgIpc) is 2.76. The second kappa shape index (κ2) is 7.73. The quantitative estimate of drug-likeness (QED) is 0.346. The largest absolute Gasteiger partial charge is 0.481 e. The van der Waals surface area contributed by atoms with Crippen molar-refractivity contribution in [1.29, 1.82) is 0 Å². The Balaban J connectivity index is 2.23. The van der Waals surface area contributed by atoms with Crippen LogP contribution in [0.3, 0.4) is 0 Å². The average molecular weight is 387 g/mol. The van der Waals surface area contributed by atoms with Gasteiger partial charge < -0.3 is 5.11 Å². The number of rotatable bonds is 6. The molecule has 0 atom stereocenters. The molecule has 1 aliphatic heterocycles. The maximum absolute atomic E-state index is 12.4. The Kier molecular flexibility index (Phi) is 5.92. The highest BCUT2D eigenvalue weighted by atomic mass is 35.5.